The maximum atomic E-state index is 13.1. The van der Waals surface area contributed by atoms with Gasteiger partial charge in [-0.1, -0.05) is 0 Å². The van der Waals surface area contributed by atoms with Crippen LogP contribution in [-0.4, -0.2) is 22.0 Å². The van der Waals surface area contributed by atoms with E-state index >= 15 is 0 Å². The Bertz CT molecular complexity index is 523. The maximum Gasteiger partial charge on any atom is 0.232 e. The summed E-state index contributed by atoms with van der Waals surface area (Å²) < 4.78 is 19.6. The molecule has 17 heavy (non-hydrogen) atoms. The molecule has 4 nitrogen and oxygen atoms in total. The van der Waals surface area contributed by atoms with Crippen molar-refractivity contribution in [3.63, 3.8) is 0 Å². The molecule has 0 aliphatic heterocycles. The third kappa shape index (κ3) is 2.29. The lowest BCUT2D eigenvalue weighted by molar-refractivity contribution is 0.198. The minimum atomic E-state index is -0.768. The van der Waals surface area contributed by atoms with Gasteiger partial charge in [-0.05, 0) is 25.1 Å². The van der Waals surface area contributed by atoms with Crippen LogP contribution in [0.3, 0.4) is 0 Å². The zero-order valence-corrected chi connectivity index (χ0v) is 9.59. The van der Waals surface area contributed by atoms with Crippen molar-refractivity contribution >= 4 is 0 Å². The van der Waals surface area contributed by atoms with Crippen LogP contribution < -0.4 is 4.74 Å². The lowest BCUT2D eigenvalue weighted by atomic mass is 10.1. The number of benzene rings is 1. The summed E-state index contributed by atoms with van der Waals surface area (Å²) in [6.45, 7) is 1.58. The van der Waals surface area contributed by atoms with Crippen LogP contribution in [0.2, 0.25) is 0 Å². The van der Waals surface area contributed by atoms with Crippen LogP contribution in [-0.2, 0) is 0 Å². The molecule has 0 radical (unpaired) electrons. The molecule has 90 valence electrons. The smallest absolute Gasteiger partial charge is 0.232 e. The minimum absolute atomic E-state index is 0.385. The summed E-state index contributed by atoms with van der Waals surface area (Å²) in [6, 6.07) is 5.89. The molecule has 1 aromatic heterocycles. The Morgan fingerprint density at radius 1 is 1.41 bits per heavy atom. The quantitative estimate of drug-likeness (QED) is 0.887. The molecule has 0 saturated carbocycles. The van der Waals surface area contributed by atoms with Gasteiger partial charge in [0.1, 0.15) is 5.82 Å². The van der Waals surface area contributed by atoms with E-state index in [1.165, 1.54) is 19.2 Å². The summed E-state index contributed by atoms with van der Waals surface area (Å²) in [4.78, 5) is 0. The van der Waals surface area contributed by atoms with Gasteiger partial charge in [-0.15, -0.1) is 5.10 Å². The van der Waals surface area contributed by atoms with Crippen molar-refractivity contribution in [2.45, 2.75) is 13.0 Å². The third-order valence-electron chi connectivity index (χ3n) is 2.46. The molecule has 5 heteroatoms. The van der Waals surface area contributed by atoms with Gasteiger partial charge >= 0.3 is 0 Å². The van der Waals surface area contributed by atoms with Gasteiger partial charge < -0.3 is 9.84 Å². The summed E-state index contributed by atoms with van der Waals surface area (Å²) in [5.41, 5.74) is 1.11. The van der Waals surface area contributed by atoms with Gasteiger partial charge in [0, 0.05) is 17.8 Å². The first-order chi connectivity index (χ1) is 8.11. The van der Waals surface area contributed by atoms with Gasteiger partial charge in [-0.3, -0.25) is 0 Å². The highest BCUT2D eigenvalue weighted by Gasteiger charge is 2.12. The normalized spacial score (nSPS) is 12.5. The van der Waals surface area contributed by atoms with Crippen LogP contribution in [0.1, 0.15) is 18.6 Å². The van der Waals surface area contributed by atoms with Crippen molar-refractivity contribution in [1.82, 2.24) is 9.78 Å². The molecule has 2 aromatic rings. The number of hydrogen-bond acceptors (Lipinski definition) is 3. The highest BCUT2D eigenvalue weighted by atomic mass is 19.1. The van der Waals surface area contributed by atoms with Crippen molar-refractivity contribution < 1.29 is 14.2 Å². The van der Waals surface area contributed by atoms with Gasteiger partial charge in [0.15, 0.2) is 0 Å². The SMILES string of the molecule is COc1ccn(-c2ccc(F)cc2[C@@H](C)O)n1. The topological polar surface area (TPSA) is 47.3 Å². The molecular formula is C12H13FN2O2. The van der Waals surface area contributed by atoms with Crippen molar-refractivity contribution in [2.75, 3.05) is 7.11 Å². The first-order valence-electron chi connectivity index (χ1n) is 5.19. The molecule has 2 rings (SSSR count). The number of hydrogen-bond donors (Lipinski definition) is 1. The van der Waals surface area contributed by atoms with E-state index in [9.17, 15) is 9.50 Å². The minimum Gasteiger partial charge on any atom is -0.480 e. The number of nitrogens with zero attached hydrogens (tertiary/aromatic N) is 2. The third-order valence-corrected chi connectivity index (χ3v) is 2.46. The Kier molecular flexibility index (Phi) is 3.10. The van der Waals surface area contributed by atoms with Crippen LogP contribution in [0.25, 0.3) is 5.69 Å². The number of aliphatic hydroxyl groups is 1. The fourth-order valence-electron chi connectivity index (χ4n) is 1.62. The van der Waals surface area contributed by atoms with Gasteiger partial charge in [0.25, 0.3) is 0 Å². The second-order valence-electron chi connectivity index (χ2n) is 3.68. The number of halogens is 1. The molecule has 1 aromatic carbocycles. The average molecular weight is 236 g/mol. The second kappa shape index (κ2) is 4.55. The van der Waals surface area contributed by atoms with E-state index < -0.39 is 6.10 Å². The zero-order valence-electron chi connectivity index (χ0n) is 9.59. The van der Waals surface area contributed by atoms with E-state index in [1.54, 1.807) is 29.9 Å². The van der Waals surface area contributed by atoms with Crippen LogP contribution >= 0.6 is 0 Å². The summed E-state index contributed by atoms with van der Waals surface area (Å²) in [5.74, 6) is 0.0784. The Morgan fingerprint density at radius 2 is 2.18 bits per heavy atom. The highest BCUT2D eigenvalue weighted by molar-refractivity contribution is 5.42. The van der Waals surface area contributed by atoms with Gasteiger partial charge in [0.2, 0.25) is 5.88 Å². The Morgan fingerprint density at radius 3 is 2.76 bits per heavy atom. The van der Waals surface area contributed by atoms with Gasteiger partial charge in [-0.25, -0.2) is 9.07 Å². The molecule has 0 amide bonds. The molecule has 0 aliphatic rings. The first-order valence-corrected chi connectivity index (χ1v) is 5.19. The number of rotatable bonds is 3. The predicted octanol–water partition coefficient (Wildman–Crippen LogP) is 2.07. The van der Waals surface area contributed by atoms with Crippen LogP contribution in [0.4, 0.5) is 4.39 Å². The van der Waals surface area contributed by atoms with Gasteiger partial charge in [0.05, 0.1) is 18.9 Å². The molecule has 0 fully saturated rings. The number of aliphatic hydroxyl groups excluding tert-OH is 1. The fourth-order valence-corrected chi connectivity index (χ4v) is 1.62. The maximum absolute atomic E-state index is 13.1. The summed E-state index contributed by atoms with van der Waals surface area (Å²) >= 11 is 0. The lowest BCUT2D eigenvalue weighted by Crippen LogP contribution is -2.04. The standard InChI is InChI=1S/C12H13FN2O2/c1-8(16)10-7-9(13)3-4-11(10)15-6-5-12(14-15)17-2/h3-8,16H,1-2H3/t8-/m1/s1. The van der Waals surface area contributed by atoms with E-state index in [2.05, 4.69) is 5.10 Å². The fraction of sp³-hybridized carbons (Fsp3) is 0.250. The predicted molar refractivity (Wildman–Crippen MR) is 60.7 cm³/mol. The van der Waals surface area contributed by atoms with Gasteiger partial charge in [-0.2, -0.15) is 0 Å². The van der Waals surface area contributed by atoms with Crippen molar-refractivity contribution in [2.24, 2.45) is 0 Å². The largest absolute Gasteiger partial charge is 0.480 e. The van der Waals surface area contributed by atoms with Crippen LogP contribution in [0.15, 0.2) is 30.5 Å². The average Bonchev–Trinajstić information content (AvgIpc) is 2.77. The van der Waals surface area contributed by atoms with E-state index in [1.807, 2.05) is 0 Å². The number of methoxy groups -OCH3 is 1. The molecule has 0 bridgehead atoms. The molecule has 0 aliphatic carbocycles. The van der Waals surface area contributed by atoms with E-state index in [-0.39, 0.29) is 5.82 Å². The molecule has 1 heterocycles. The van der Waals surface area contributed by atoms with Crippen LogP contribution in [0.5, 0.6) is 5.88 Å². The molecule has 0 unspecified atom stereocenters. The summed E-state index contributed by atoms with van der Waals surface area (Å²) in [7, 11) is 1.52. The van der Waals surface area contributed by atoms with E-state index in [0.29, 0.717) is 17.1 Å². The summed E-state index contributed by atoms with van der Waals surface area (Å²) in [5, 5.41) is 13.7. The summed E-state index contributed by atoms with van der Waals surface area (Å²) in [6.07, 6.45) is 0.925. The number of aromatic nitrogens is 2. The Hall–Kier alpha value is -1.88. The molecule has 1 N–H and O–H groups in total. The Labute approximate surface area is 98.3 Å². The van der Waals surface area contributed by atoms with Crippen molar-refractivity contribution in [1.29, 1.82) is 0 Å². The van der Waals surface area contributed by atoms with Crippen LogP contribution in [0, 0.1) is 5.82 Å². The molecule has 0 spiro atoms. The monoisotopic (exact) mass is 236 g/mol. The molecule has 0 saturated heterocycles. The van der Waals surface area contributed by atoms with Crippen molar-refractivity contribution in [3.8, 4) is 11.6 Å². The number of ether oxygens (including phenoxy) is 1. The first kappa shape index (κ1) is 11.6. The highest BCUT2D eigenvalue weighted by Crippen LogP contribution is 2.23. The molecular weight excluding hydrogens is 223 g/mol. The van der Waals surface area contributed by atoms with E-state index in [4.69, 9.17) is 4.74 Å². The second-order valence-corrected chi connectivity index (χ2v) is 3.68. The molecule has 1 atom stereocenters. The van der Waals surface area contributed by atoms with E-state index in [0.717, 1.165) is 0 Å². The van der Waals surface area contributed by atoms with Crippen molar-refractivity contribution in [3.05, 3.63) is 41.8 Å². The zero-order chi connectivity index (χ0) is 12.4. The Balaban J connectivity index is 2.50. The lowest BCUT2D eigenvalue weighted by Gasteiger charge is -2.11.